The van der Waals surface area contributed by atoms with Crippen LogP contribution in [0.1, 0.15) is 18.4 Å². The van der Waals surface area contributed by atoms with Gasteiger partial charge in [0.15, 0.2) is 0 Å². The van der Waals surface area contributed by atoms with E-state index in [0.29, 0.717) is 10.4 Å². The number of ether oxygens (including phenoxy) is 1. The highest BCUT2D eigenvalue weighted by atomic mass is 35.5. The zero-order chi connectivity index (χ0) is 30.9. The van der Waals surface area contributed by atoms with Crippen molar-refractivity contribution >= 4 is 45.9 Å². The molecule has 18 heteroatoms. The standard InChI is InChI=1S/C24H24ClF6N7O3S/c1-32-21-35-22(37-36-21)34-14-10-16(24(29,30)31)20(17(25)11-14)13-3-4-18(41-2)19(9-13)42(39,40)38(12-23(26,27)28)15-5-7-33-8-6-15/h3-4,9-11,15,33H,1,5-8,12H2,2H3,(H2,34,35,36,37). The van der Waals surface area contributed by atoms with Gasteiger partial charge in [-0.15, -0.1) is 5.10 Å². The molecule has 1 saturated heterocycles. The molecule has 1 aliphatic rings. The summed E-state index contributed by atoms with van der Waals surface area (Å²) in [5.41, 5.74) is -2.30. The van der Waals surface area contributed by atoms with Crippen LogP contribution >= 0.6 is 11.6 Å². The number of piperidine rings is 1. The Kier molecular flexibility index (Phi) is 9.05. The maximum atomic E-state index is 14.3. The molecular weight excluding hydrogens is 616 g/mol. The lowest BCUT2D eigenvalue weighted by Crippen LogP contribution is -2.49. The molecule has 2 heterocycles. The number of aromatic amines is 1. The quantitative estimate of drug-likeness (QED) is 0.208. The van der Waals surface area contributed by atoms with Crippen molar-refractivity contribution in [3.05, 3.63) is 40.9 Å². The zero-order valence-electron chi connectivity index (χ0n) is 21.8. The van der Waals surface area contributed by atoms with Crippen LogP contribution in [0.15, 0.2) is 40.2 Å². The van der Waals surface area contributed by atoms with Crippen LogP contribution in [0.25, 0.3) is 11.1 Å². The molecule has 2 aromatic carbocycles. The first-order valence-corrected chi connectivity index (χ1v) is 14.0. The molecule has 0 atom stereocenters. The summed E-state index contributed by atoms with van der Waals surface area (Å²) in [7, 11) is -3.83. The predicted octanol–water partition coefficient (Wildman–Crippen LogP) is 5.53. The second-order valence-corrected chi connectivity index (χ2v) is 11.4. The molecule has 0 amide bonds. The van der Waals surface area contributed by atoms with Crippen LogP contribution in [-0.2, 0) is 16.2 Å². The second-order valence-electron chi connectivity index (χ2n) is 9.16. The summed E-state index contributed by atoms with van der Waals surface area (Å²) in [6.45, 7) is 2.03. The molecule has 4 rings (SSSR count). The van der Waals surface area contributed by atoms with Crippen molar-refractivity contribution in [3.8, 4) is 16.9 Å². The van der Waals surface area contributed by atoms with Crippen molar-refractivity contribution in [2.45, 2.75) is 36.1 Å². The van der Waals surface area contributed by atoms with Gasteiger partial charge in [-0.05, 0) is 62.5 Å². The van der Waals surface area contributed by atoms with Gasteiger partial charge in [0.25, 0.3) is 5.95 Å². The third-order valence-corrected chi connectivity index (χ3v) is 8.58. The summed E-state index contributed by atoms with van der Waals surface area (Å²) in [5.74, 6) is -0.470. The van der Waals surface area contributed by atoms with Crippen molar-refractivity contribution in [2.75, 3.05) is 32.1 Å². The summed E-state index contributed by atoms with van der Waals surface area (Å²) in [6, 6.07) is 3.89. The molecule has 1 fully saturated rings. The molecule has 0 aliphatic carbocycles. The van der Waals surface area contributed by atoms with Crippen molar-refractivity contribution in [1.29, 1.82) is 0 Å². The molecule has 0 radical (unpaired) electrons. The highest BCUT2D eigenvalue weighted by Crippen LogP contribution is 2.45. The molecule has 1 aromatic heterocycles. The van der Waals surface area contributed by atoms with E-state index in [0.717, 1.165) is 31.4 Å². The average Bonchev–Trinajstić information content (AvgIpc) is 3.38. The Hall–Kier alpha value is -3.41. The van der Waals surface area contributed by atoms with E-state index in [1.54, 1.807) is 0 Å². The lowest BCUT2D eigenvalue weighted by molar-refractivity contribution is -0.140. The number of benzene rings is 2. The molecule has 10 nitrogen and oxygen atoms in total. The lowest BCUT2D eigenvalue weighted by Gasteiger charge is -2.34. The van der Waals surface area contributed by atoms with E-state index in [1.165, 1.54) is 0 Å². The number of nitrogens with one attached hydrogen (secondary N) is 3. The van der Waals surface area contributed by atoms with Gasteiger partial charge >= 0.3 is 12.4 Å². The second kappa shape index (κ2) is 12.1. The Labute approximate surface area is 241 Å². The van der Waals surface area contributed by atoms with E-state index in [-0.39, 0.29) is 54.8 Å². The molecule has 1 aliphatic heterocycles. The van der Waals surface area contributed by atoms with E-state index in [1.807, 2.05) is 0 Å². The fourth-order valence-electron chi connectivity index (χ4n) is 4.55. The number of aromatic nitrogens is 3. The lowest BCUT2D eigenvalue weighted by atomic mass is 9.98. The summed E-state index contributed by atoms with van der Waals surface area (Å²) in [4.78, 5) is 6.62. The van der Waals surface area contributed by atoms with Crippen molar-refractivity contribution in [2.24, 2.45) is 4.99 Å². The van der Waals surface area contributed by atoms with E-state index in [4.69, 9.17) is 16.3 Å². The molecular formula is C24H24ClF6N7O3S. The number of halogens is 7. The van der Waals surface area contributed by atoms with Crippen molar-refractivity contribution < 1.29 is 39.5 Å². The molecule has 0 unspecified atom stereocenters. The SMILES string of the molecule is C=Nc1n[nH]c(Nc2cc(Cl)c(-c3ccc(OC)c(S(=O)(=O)N(CC(F)(F)F)C4CCNCC4)c3)c(C(F)(F)F)c2)n1. The normalized spacial score (nSPS) is 15.2. The minimum Gasteiger partial charge on any atom is -0.495 e. The number of H-pyrrole nitrogens is 1. The minimum absolute atomic E-state index is 0.0603. The van der Waals surface area contributed by atoms with Gasteiger partial charge in [0, 0.05) is 17.3 Å². The first-order valence-electron chi connectivity index (χ1n) is 12.2. The van der Waals surface area contributed by atoms with Gasteiger partial charge in [-0.2, -0.15) is 35.6 Å². The Bertz CT molecular complexity index is 1560. The number of methoxy groups -OCH3 is 1. The summed E-state index contributed by atoms with van der Waals surface area (Å²) in [6.07, 6.45) is -9.66. The number of aliphatic imine (C=N–C) groups is 1. The number of anilines is 2. The van der Waals surface area contributed by atoms with Crippen LogP contribution in [0.4, 0.5) is 43.9 Å². The van der Waals surface area contributed by atoms with Gasteiger partial charge in [0.05, 0.1) is 17.7 Å². The van der Waals surface area contributed by atoms with Crippen LogP contribution in [0.3, 0.4) is 0 Å². The van der Waals surface area contributed by atoms with Crippen LogP contribution in [0, 0.1) is 0 Å². The van der Waals surface area contributed by atoms with Crippen LogP contribution in [0.5, 0.6) is 5.75 Å². The number of sulfonamides is 1. The first-order chi connectivity index (χ1) is 19.6. The molecule has 3 N–H and O–H groups in total. The van der Waals surface area contributed by atoms with E-state index >= 15 is 0 Å². The van der Waals surface area contributed by atoms with Gasteiger partial charge in [-0.25, -0.2) is 18.5 Å². The van der Waals surface area contributed by atoms with Gasteiger partial charge < -0.3 is 15.4 Å². The fourth-order valence-corrected chi connectivity index (χ4v) is 6.74. The summed E-state index contributed by atoms with van der Waals surface area (Å²) < 4.78 is 117. The van der Waals surface area contributed by atoms with E-state index < -0.39 is 56.0 Å². The summed E-state index contributed by atoms with van der Waals surface area (Å²) in [5, 5.41) is 11.2. The largest absolute Gasteiger partial charge is 0.495 e. The van der Waals surface area contributed by atoms with Crippen LogP contribution in [0.2, 0.25) is 5.02 Å². The van der Waals surface area contributed by atoms with Gasteiger partial charge in [-0.1, -0.05) is 17.7 Å². The van der Waals surface area contributed by atoms with Gasteiger partial charge in [0.1, 0.15) is 17.2 Å². The van der Waals surface area contributed by atoms with E-state index in [2.05, 4.69) is 37.5 Å². The molecule has 0 saturated carbocycles. The number of rotatable bonds is 9. The third kappa shape index (κ3) is 6.96. The maximum absolute atomic E-state index is 14.3. The predicted molar refractivity (Wildman–Crippen MR) is 143 cm³/mol. The molecule has 0 spiro atoms. The van der Waals surface area contributed by atoms with Crippen LogP contribution in [-0.4, -0.2) is 73.6 Å². The highest BCUT2D eigenvalue weighted by Gasteiger charge is 2.43. The number of hydrogen-bond acceptors (Lipinski definition) is 8. The highest BCUT2D eigenvalue weighted by molar-refractivity contribution is 7.89. The number of nitrogens with zero attached hydrogens (tertiary/aromatic N) is 4. The van der Waals surface area contributed by atoms with E-state index in [9.17, 15) is 34.8 Å². The Balaban J connectivity index is 1.84. The molecule has 228 valence electrons. The number of hydrogen-bond donors (Lipinski definition) is 3. The molecule has 42 heavy (non-hydrogen) atoms. The molecule has 3 aromatic rings. The van der Waals surface area contributed by atoms with Crippen molar-refractivity contribution in [3.63, 3.8) is 0 Å². The Morgan fingerprint density at radius 2 is 1.86 bits per heavy atom. The molecule has 0 bridgehead atoms. The zero-order valence-corrected chi connectivity index (χ0v) is 23.3. The smallest absolute Gasteiger partial charge is 0.417 e. The van der Waals surface area contributed by atoms with Gasteiger partial charge in [0.2, 0.25) is 16.0 Å². The average molecular weight is 640 g/mol. The minimum atomic E-state index is -4.98. The Morgan fingerprint density at radius 1 is 1.17 bits per heavy atom. The van der Waals surface area contributed by atoms with Gasteiger partial charge in [-0.3, -0.25) is 0 Å². The maximum Gasteiger partial charge on any atom is 0.417 e. The topological polar surface area (TPSA) is 125 Å². The Morgan fingerprint density at radius 3 is 2.43 bits per heavy atom. The summed E-state index contributed by atoms with van der Waals surface area (Å²) >= 11 is 6.32. The fraction of sp³-hybridized carbons (Fsp3) is 0.375. The van der Waals surface area contributed by atoms with Crippen molar-refractivity contribution in [1.82, 2.24) is 24.8 Å². The van der Waals surface area contributed by atoms with Crippen LogP contribution < -0.4 is 15.4 Å². The number of alkyl halides is 6. The third-order valence-electron chi connectivity index (χ3n) is 6.36. The monoisotopic (exact) mass is 639 g/mol. The first kappa shape index (κ1) is 31.5.